The molecule has 0 aliphatic carbocycles. The van der Waals surface area contributed by atoms with Crippen molar-refractivity contribution in [3.05, 3.63) is 24.3 Å². The Balaban J connectivity index is 2.59. The predicted molar refractivity (Wildman–Crippen MR) is 47.6 cm³/mol. The number of hydrogen-bond acceptors (Lipinski definition) is 3. The number of nitrogens with two attached hydrogens (primary N) is 1. The molecule has 0 aromatic heterocycles. The van der Waals surface area contributed by atoms with Crippen molar-refractivity contribution in [1.82, 2.24) is 0 Å². The molecule has 0 bridgehead atoms. The van der Waals surface area contributed by atoms with Crippen LogP contribution < -0.4 is 15.2 Å². The average Bonchev–Trinajstić information content (AvgIpc) is 2.14. The molecule has 78 valence electrons. The first-order valence-electron chi connectivity index (χ1n) is 4.10. The van der Waals surface area contributed by atoms with E-state index in [1.54, 1.807) is 12.1 Å². The Kier molecular flexibility index (Phi) is 4.12. The molecule has 1 aromatic rings. The molecule has 1 aromatic carbocycles. The van der Waals surface area contributed by atoms with Crippen LogP contribution in [0.2, 0.25) is 0 Å². The van der Waals surface area contributed by atoms with E-state index in [1.807, 2.05) is 0 Å². The number of ether oxygens (including phenoxy) is 2. The van der Waals surface area contributed by atoms with Gasteiger partial charge in [0.1, 0.15) is 18.1 Å². The largest absolute Gasteiger partial charge is 0.492 e. The van der Waals surface area contributed by atoms with Gasteiger partial charge in [0.15, 0.2) is 0 Å². The summed E-state index contributed by atoms with van der Waals surface area (Å²) in [4.78, 5) is 0. The van der Waals surface area contributed by atoms with Gasteiger partial charge in [-0.25, -0.2) is 0 Å². The summed E-state index contributed by atoms with van der Waals surface area (Å²) in [6.45, 7) is -2.10. The summed E-state index contributed by atoms with van der Waals surface area (Å²) >= 11 is 0. The highest BCUT2D eigenvalue weighted by atomic mass is 19.3. The molecule has 5 heteroatoms. The van der Waals surface area contributed by atoms with Crippen molar-refractivity contribution in [1.29, 1.82) is 0 Å². The summed E-state index contributed by atoms with van der Waals surface area (Å²) in [6, 6.07) is 6.04. The van der Waals surface area contributed by atoms with Crippen molar-refractivity contribution >= 4 is 0 Å². The molecule has 14 heavy (non-hydrogen) atoms. The van der Waals surface area contributed by atoms with E-state index in [1.165, 1.54) is 12.1 Å². The molecule has 0 aliphatic rings. The molecule has 2 N–H and O–H groups in total. The van der Waals surface area contributed by atoms with E-state index in [0.717, 1.165) is 0 Å². The van der Waals surface area contributed by atoms with Crippen LogP contribution in [-0.4, -0.2) is 19.8 Å². The molecule has 0 spiro atoms. The van der Waals surface area contributed by atoms with Gasteiger partial charge in [0.05, 0.1) is 0 Å². The zero-order valence-corrected chi connectivity index (χ0v) is 7.45. The summed E-state index contributed by atoms with van der Waals surface area (Å²) in [6.07, 6.45) is 0. The molecule has 0 aliphatic heterocycles. The Morgan fingerprint density at radius 2 is 2.00 bits per heavy atom. The van der Waals surface area contributed by atoms with Crippen molar-refractivity contribution in [3.8, 4) is 11.5 Å². The van der Waals surface area contributed by atoms with Crippen LogP contribution in [0.4, 0.5) is 8.78 Å². The zero-order chi connectivity index (χ0) is 10.4. The van der Waals surface area contributed by atoms with Gasteiger partial charge in [0.25, 0.3) is 0 Å². The third kappa shape index (κ3) is 3.57. The van der Waals surface area contributed by atoms with Crippen molar-refractivity contribution < 1.29 is 18.3 Å². The van der Waals surface area contributed by atoms with E-state index in [2.05, 4.69) is 4.74 Å². The summed E-state index contributed by atoms with van der Waals surface area (Å²) < 4.78 is 33.0. The highest BCUT2D eigenvalue weighted by Crippen LogP contribution is 2.20. The minimum atomic E-state index is -2.82. The molecule has 3 nitrogen and oxygen atoms in total. The van der Waals surface area contributed by atoms with Crippen molar-refractivity contribution in [2.75, 3.05) is 13.2 Å². The highest BCUT2D eigenvalue weighted by molar-refractivity contribution is 5.32. The molecule has 0 unspecified atom stereocenters. The van der Waals surface area contributed by atoms with E-state index < -0.39 is 6.61 Å². The number of halogens is 2. The highest BCUT2D eigenvalue weighted by Gasteiger charge is 2.04. The topological polar surface area (TPSA) is 44.5 Å². The lowest BCUT2D eigenvalue weighted by atomic mass is 10.3. The maximum Gasteiger partial charge on any atom is 0.387 e. The Morgan fingerprint density at radius 1 is 1.29 bits per heavy atom. The van der Waals surface area contributed by atoms with Gasteiger partial charge in [-0.2, -0.15) is 8.78 Å². The lowest BCUT2D eigenvalue weighted by Crippen LogP contribution is -2.10. The summed E-state index contributed by atoms with van der Waals surface area (Å²) in [7, 11) is 0. The normalized spacial score (nSPS) is 10.3. The monoisotopic (exact) mass is 203 g/mol. The fraction of sp³-hybridized carbons (Fsp3) is 0.333. The van der Waals surface area contributed by atoms with Gasteiger partial charge in [-0.1, -0.05) is 6.07 Å². The van der Waals surface area contributed by atoms with Crippen molar-refractivity contribution in [2.24, 2.45) is 5.73 Å². The molecular weight excluding hydrogens is 192 g/mol. The quantitative estimate of drug-likeness (QED) is 0.790. The Labute approximate surface area is 80.4 Å². The first kappa shape index (κ1) is 10.7. The van der Waals surface area contributed by atoms with E-state index in [4.69, 9.17) is 10.5 Å². The van der Waals surface area contributed by atoms with Crippen LogP contribution in [0.5, 0.6) is 11.5 Å². The smallest absolute Gasteiger partial charge is 0.387 e. The van der Waals surface area contributed by atoms with Gasteiger partial charge in [-0.3, -0.25) is 0 Å². The summed E-state index contributed by atoms with van der Waals surface area (Å²) in [5.41, 5.74) is 5.22. The van der Waals surface area contributed by atoms with Crippen molar-refractivity contribution in [3.63, 3.8) is 0 Å². The fourth-order valence-corrected chi connectivity index (χ4v) is 0.917. The average molecular weight is 203 g/mol. The van der Waals surface area contributed by atoms with Gasteiger partial charge in [-0.05, 0) is 12.1 Å². The Hall–Kier alpha value is -1.36. The van der Waals surface area contributed by atoms with Crippen LogP contribution in [0.3, 0.4) is 0 Å². The second-order valence-electron chi connectivity index (χ2n) is 2.49. The lowest BCUT2D eigenvalue weighted by Gasteiger charge is -2.07. The van der Waals surface area contributed by atoms with Gasteiger partial charge in [0, 0.05) is 12.6 Å². The lowest BCUT2D eigenvalue weighted by molar-refractivity contribution is -0.0499. The molecular formula is C9H11F2NO2. The third-order valence-corrected chi connectivity index (χ3v) is 1.42. The Bertz CT molecular complexity index is 281. The van der Waals surface area contributed by atoms with Crippen LogP contribution >= 0.6 is 0 Å². The number of hydrogen-bond donors (Lipinski definition) is 1. The van der Waals surface area contributed by atoms with E-state index in [0.29, 0.717) is 18.9 Å². The van der Waals surface area contributed by atoms with Crippen LogP contribution in [0.1, 0.15) is 0 Å². The maximum absolute atomic E-state index is 11.8. The molecule has 0 heterocycles. The van der Waals surface area contributed by atoms with E-state index in [-0.39, 0.29) is 5.75 Å². The molecule has 0 radical (unpaired) electrons. The van der Waals surface area contributed by atoms with Crippen LogP contribution in [0, 0.1) is 0 Å². The Morgan fingerprint density at radius 3 is 2.64 bits per heavy atom. The zero-order valence-electron chi connectivity index (χ0n) is 7.45. The van der Waals surface area contributed by atoms with Crippen LogP contribution in [-0.2, 0) is 0 Å². The number of alkyl halides is 2. The molecule has 0 saturated heterocycles. The van der Waals surface area contributed by atoms with Crippen molar-refractivity contribution in [2.45, 2.75) is 6.61 Å². The third-order valence-electron chi connectivity index (χ3n) is 1.42. The molecule has 0 saturated carbocycles. The first-order chi connectivity index (χ1) is 6.72. The maximum atomic E-state index is 11.8. The molecule has 0 atom stereocenters. The number of rotatable bonds is 5. The number of benzene rings is 1. The summed E-state index contributed by atoms with van der Waals surface area (Å²) in [5.74, 6) is 0.545. The SMILES string of the molecule is NCCOc1cccc(OC(F)F)c1. The predicted octanol–water partition coefficient (Wildman–Crippen LogP) is 1.63. The standard InChI is InChI=1S/C9H11F2NO2/c10-9(11)14-8-3-1-2-7(6-8)13-5-4-12/h1-3,6,9H,4-5,12H2. The summed E-state index contributed by atoms with van der Waals surface area (Å²) in [5, 5.41) is 0. The fourth-order valence-electron chi connectivity index (χ4n) is 0.917. The van der Waals surface area contributed by atoms with E-state index >= 15 is 0 Å². The van der Waals surface area contributed by atoms with Gasteiger partial charge < -0.3 is 15.2 Å². The minimum Gasteiger partial charge on any atom is -0.492 e. The second kappa shape index (κ2) is 5.39. The van der Waals surface area contributed by atoms with Gasteiger partial charge in [-0.15, -0.1) is 0 Å². The van der Waals surface area contributed by atoms with Crippen LogP contribution in [0.15, 0.2) is 24.3 Å². The molecule has 0 fully saturated rings. The minimum absolute atomic E-state index is 0.0783. The van der Waals surface area contributed by atoms with E-state index in [9.17, 15) is 8.78 Å². The van der Waals surface area contributed by atoms with Gasteiger partial charge >= 0.3 is 6.61 Å². The second-order valence-corrected chi connectivity index (χ2v) is 2.49. The van der Waals surface area contributed by atoms with Crippen LogP contribution in [0.25, 0.3) is 0 Å². The molecule has 0 amide bonds. The van der Waals surface area contributed by atoms with Gasteiger partial charge in [0.2, 0.25) is 0 Å². The first-order valence-corrected chi connectivity index (χ1v) is 4.10. The molecule has 1 rings (SSSR count).